The Balaban J connectivity index is 2.63. The van der Waals surface area contributed by atoms with E-state index in [1.807, 2.05) is 6.92 Å². The summed E-state index contributed by atoms with van der Waals surface area (Å²) in [5.74, 6) is 1.42. The maximum Gasteiger partial charge on any atom is 0.273 e. The highest BCUT2D eigenvalue weighted by molar-refractivity contribution is 7.80. The van der Waals surface area contributed by atoms with Gasteiger partial charge in [-0.25, -0.2) is 0 Å². The number of benzene rings is 1. The highest BCUT2D eigenvalue weighted by Crippen LogP contribution is 2.24. The number of ether oxygens (including phenoxy) is 1. The Morgan fingerprint density at radius 1 is 1.44 bits per heavy atom. The number of hydrogen-bond acceptors (Lipinski definition) is 4. The Labute approximate surface area is 100 Å². The first kappa shape index (κ1) is 12.8. The Morgan fingerprint density at radius 3 is 2.81 bits per heavy atom. The first-order valence-electron chi connectivity index (χ1n) is 5.14. The number of nitro groups is 1. The zero-order valence-corrected chi connectivity index (χ0v) is 10.1. The summed E-state index contributed by atoms with van der Waals surface area (Å²) in [5, 5.41) is 10.6. The van der Waals surface area contributed by atoms with Crippen LogP contribution in [-0.2, 0) is 0 Å². The molecule has 1 rings (SSSR count). The van der Waals surface area contributed by atoms with Crippen molar-refractivity contribution < 1.29 is 9.66 Å². The number of aryl methyl sites for hydroxylation is 1. The van der Waals surface area contributed by atoms with Gasteiger partial charge >= 0.3 is 0 Å². The monoisotopic (exact) mass is 241 g/mol. The SMILES string of the molecule is Cc1ccc([N+](=O)[O-])cc1OCCCCS. The van der Waals surface area contributed by atoms with E-state index in [2.05, 4.69) is 12.6 Å². The third-order valence-corrected chi connectivity index (χ3v) is 2.51. The maximum atomic E-state index is 10.6. The zero-order valence-electron chi connectivity index (χ0n) is 9.18. The minimum Gasteiger partial charge on any atom is -0.493 e. The highest BCUT2D eigenvalue weighted by Gasteiger charge is 2.09. The third-order valence-electron chi connectivity index (χ3n) is 2.19. The highest BCUT2D eigenvalue weighted by atomic mass is 32.1. The topological polar surface area (TPSA) is 52.4 Å². The summed E-state index contributed by atoms with van der Waals surface area (Å²) in [6.45, 7) is 2.44. The molecular formula is C11H15NO3S. The molecule has 0 aliphatic rings. The number of thiol groups is 1. The van der Waals surface area contributed by atoms with Gasteiger partial charge < -0.3 is 4.74 Å². The molecule has 0 aliphatic heterocycles. The largest absolute Gasteiger partial charge is 0.493 e. The molecule has 0 spiro atoms. The molecule has 0 bridgehead atoms. The molecule has 88 valence electrons. The molecular weight excluding hydrogens is 226 g/mol. The van der Waals surface area contributed by atoms with Gasteiger partial charge in [0.1, 0.15) is 5.75 Å². The lowest BCUT2D eigenvalue weighted by molar-refractivity contribution is -0.384. The lowest BCUT2D eigenvalue weighted by Crippen LogP contribution is -2.00. The van der Waals surface area contributed by atoms with Gasteiger partial charge in [0.05, 0.1) is 17.6 Å². The van der Waals surface area contributed by atoms with E-state index in [1.54, 1.807) is 6.07 Å². The predicted octanol–water partition coefficient (Wildman–Crippen LogP) is 2.99. The van der Waals surface area contributed by atoms with Crippen LogP contribution in [0.2, 0.25) is 0 Å². The van der Waals surface area contributed by atoms with Gasteiger partial charge in [-0.05, 0) is 37.1 Å². The maximum absolute atomic E-state index is 10.6. The van der Waals surface area contributed by atoms with Crippen LogP contribution in [0.1, 0.15) is 18.4 Å². The minimum absolute atomic E-state index is 0.0646. The summed E-state index contributed by atoms with van der Waals surface area (Å²) in [5.41, 5.74) is 0.978. The van der Waals surface area contributed by atoms with Gasteiger partial charge in [-0.1, -0.05) is 0 Å². The smallest absolute Gasteiger partial charge is 0.273 e. The fourth-order valence-corrected chi connectivity index (χ4v) is 1.48. The van der Waals surface area contributed by atoms with Crippen LogP contribution >= 0.6 is 12.6 Å². The van der Waals surface area contributed by atoms with Gasteiger partial charge in [0.15, 0.2) is 0 Å². The van der Waals surface area contributed by atoms with Crippen LogP contribution in [0.5, 0.6) is 5.75 Å². The fourth-order valence-electron chi connectivity index (χ4n) is 1.25. The number of hydrogen-bond donors (Lipinski definition) is 1. The van der Waals surface area contributed by atoms with Gasteiger partial charge in [-0.3, -0.25) is 10.1 Å². The molecule has 4 nitrogen and oxygen atoms in total. The Hall–Kier alpha value is -1.23. The molecule has 0 heterocycles. The Kier molecular flexibility index (Phi) is 5.11. The van der Waals surface area contributed by atoms with Crippen LogP contribution in [0.15, 0.2) is 18.2 Å². The van der Waals surface area contributed by atoms with Crippen molar-refractivity contribution in [2.45, 2.75) is 19.8 Å². The Morgan fingerprint density at radius 2 is 2.19 bits per heavy atom. The van der Waals surface area contributed by atoms with Crippen molar-refractivity contribution in [3.63, 3.8) is 0 Å². The Bertz CT molecular complexity index is 368. The molecule has 0 N–H and O–H groups in total. The second-order valence-corrected chi connectivity index (χ2v) is 3.93. The van der Waals surface area contributed by atoms with Crippen LogP contribution < -0.4 is 4.74 Å². The molecule has 0 radical (unpaired) electrons. The van der Waals surface area contributed by atoms with Crippen LogP contribution in [-0.4, -0.2) is 17.3 Å². The minimum atomic E-state index is -0.417. The third kappa shape index (κ3) is 3.73. The first-order valence-corrected chi connectivity index (χ1v) is 5.77. The number of unbranched alkanes of at least 4 members (excludes halogenated alkanes) is 1. The average Bonchev–Trinajstić information content (AvgIpc) is 2.26. The van der Waals surface area contributed by atoms with Crippen molar-refractivity contribution in [3.05, 3.63) is 33.9 Å². The number of non-ortho nitro benzene ring substituents is 1. The molecule has 1 aromatic carbocycles. The van der Waals surface area contributed by atoms with Gasteiger partial charge in [-0.2, -0.15) is 12.6 Å². The molecule has 0 aromatic heterocycles. The summed E-state index contributed by atoms with van der Waals surface area (Å²) < 4.78 is 5.49. The summed E-state index contributed by atoms with van der Waals surface area (Å²) in [6, 6.07) is 4.65. The summed E-state index contributed by atoms with van der Waals surface area (Å²) in [4.78, 5) is 10.2. The molecule has 0 unspecified atom stereocenters. The van der Waals surface area contributed by atoms with Crippen LogP contribution in [0.4, 0.5) is 5.69 Å². The average molecular weight is 241 g/mol. The summed E-state index contributed by atoms with van der Waals surface area (Å²) in [7, 11) is 0. The molecule has 16 heavy (non-hydrogen) atoms. The van der Waals surface area contributed by atoms with E-state index in [-0.39, 0.29) is 5.69 Å². The predicted molar refractivity (Wildman–Crippen MR) is 66.4 cm³/mol. The standard InChI is InChI=1S/C11H15NO3S/c1-9-4-5-10(12(13)14)8-11(9)15-6-2-3-7-16/h4-5,8,16H,2-3,6-7H2,1H3. The molecule has 0 amide bonds. The van der Waals surface area contributed by atoms with Crippen molar-refractivity contribution in [2.24, 2.45) is 0 Å². The van der Waals surface area contributed by atoms with E-state index in [9.17, 15) is 10.1 Å². The second kappa shape index (κ2) is 6.37. The summed E-state index contributed by atoms with van der Waals surface area (Å²) in [6.07, 6.45) is 1.89. The summed E-state index contributed by atoms with van der Waals surface area (Å²) >= 11 is 4.10. The van der Waals surface area contributed by atoms with Crippen molar-refractivity contribution in [1.82, 2.24) is 0 Å². The quantitative estimate of drug-likeness (QED) is 0.360. The van der Waals surface area contributed by atoms with E-state index >= 15 is 0 Å². The van der Waals surface area contributed by atoms with Crippen LogP contribution in [0, 0.1) is 17.0 Å². The first-order chi connectivity index (χ1) is 7.65. The number of rotatable bonds is 6. The van der Waals surface area contributed by atoms with Crippen molar-refractivity contribution in [3.8, 4) is 5.75 Å². The molecule has 0 fully saturated rings. The fraction of sp³-hybridized carbons (Fsp3) is 0.455. The van der Waals surface area contributed by atoms with Crippen LogP contribution in [0.3, 0.4) is 0 Å². The number of nitrogens with zero attached hydrogens (tertiary/aromatic N) is 1. The lowest BCUT2D eigenvalue weighted by Gasteiger charge is -2.08. The molecule has 0 aliphatic carbocycles. The van der Waals surface area contributed by atoms with Crippen molar-refractivity contribution >= 4 is 18.3 Å². The van der Waals surface area contributed by atoms with Gasteiger partial charge in [0.25, 0.3) is 5.69 Å². The van der Waals surface area contributed by atoms with Gasteiger partial charge in [0, 0.05) is 6.07 Å². The molecule has 0 saturated heterocycles. The van der Waals surface area contributed by atoms with Gasteiger partial charge in [-0.15, -0.1) is 0 Å². The van der Waals surface area contributed by atoms with E-state index < -0.39 is 4.92 Å². The van der Waals surface area contributed by atoms with E-state index in [0.29, 0.717) is 12.4 Å². The zero-order chi connectivity index (χ0) is 12.0. The molecule has 5 heteroatoms. The van der Waals surface area contributed by atoms with E-state index in [0.717, 1.165) is 24.2 Å². The molecule has 0 saturated carbocycles. The van der Waals surface area contributed by atoms with E-state index in [4.69, 9.17) is 4.74 Å². The molecule has 1 aromatic rings. The lowest BCUT2D eigenvalue weighted by atomic mass is 10.2. The van der Waals surface area contributed by atoms with Crippen molar-refractivity contribution in [1.29, 1.82) is 0 Å². The second-order valence-electron chi connectivity index (χ2n) is 3.49. The normalized spacial score (nSPS) is 10.1. The number of nitro benzene ring substituents is 1. The van der Waals surface area contributed by atoms with Crippen molar-refractivity contribution in [2.75, 3.05) is 12.4 Å². The van der Waals surface area contributed by atoms with Crippen LogP contribution in [0.25, 0.3) is 0 Å². The molecule has 0 atom stereocenters. The van der Waals surface area contributed by atoms with Gasteiger partial charge in [0.2, 0.25) is 0 Å². The van der Waals surface area contributed by atoms with E-state index in [1.165, 1.54) is 12.1 Å².